The highest BCUT2D eigenvalue weighted by Gasteiger charge is 2.52. The van der Waals surface area contributed by atoms with Crippen LogP contribution < -0.4 is 10.2 Å². The molecule has 1 spiro atoms. The summed E-state index contributed by atoms with van der Waals surface area (Å²) in [4.78, 5) is 40.0. The number of benzene rings is 1. The Morgan fingerprint density at radius 1 is 0.979 bits per heavy atom. The Kier molecular flexibility index (Phi) is 13.6. The number of piperidine rings is 1. The number of carbonyl (C=O) groups excluding carboxylic acids is 2. The van der Waals surface area contributed by atoms with Gasteiger partial charge in [-0.1, -0.05) is 11.6 Å². The summed E-state index contributed by atoms with van der Waals surface area (Å²) in [6.45, 7) is 9.43. The number of amides is 2. The molecule has 0 atom stereocenters. The van der Waals surface area contributed by atoms with Crippen LogP contribution in [-0.2, 0) is 47.0 Å². The summed E-state index contributed by atoms with van der Waals surface area (Å²) in [5.41, 5.74) is 3.21. The second-order valence-corrected chi connectivity index (χ2v) is 12.8. The molecule has 5 rings (SSSR count). The number of halogens is 1. The molecule has 1 saturated heterocycles. The van der Waals surface area contributed by atoms with Crippen LogP contribution in [-0.4, -0.2) is 111 Å². The van der Waals surface area contributed by atoms with Crippen LogP contribution in [0.3, 0.4) is 0 Å². The Labute approximate surface area is 288 Å². The van der Waals surface area contributed by atoms with Crippen LogP contribution >= 0.6 is 11.6 Å². The van der Waals surface area contributed by atoms with Gasteiger partial charge in [-0.05, 0) is 82.6 Å². The van der Waals surface area contributed by atoms with E-state index in [9.17, 15) is 9.59 Å². The van der Waals surface area contributed by atoms with E-state index in [1.807, 2.05) is 42.3 Å². The molecule has 12 nitrogen and oxygen atoms in total. The van der Waals surface area contributed by atoms with E-state index in [2.05, 4.69) is 26.8 Å². The number of hydrogen-bond acceptors (Lipinski definition) is 9. The Morgan fingerprint density at radius 3 is 2.42 bits per heavy atom. The second-order valence-electron chi connectivity index (χ2n) is 12.3. The summed E-state index contributed by atoms with van der Waals surface area (Å²) in [5, 5.41) is 3.61. The first kappa shape index (κ1) is 36.2. The minimum atomic E-state index is -0.513. The standard InChI is InChI=1S/C35H49ClN6O6/c1-3-45-18-19-47-22-23-48-21-20-46-17-9-33(43)38-12-4-5-14-41-30-7-6-27(36)24-29(30)39-32(41)26-42-31-25-37-13-8-28(31)35(34(42)44)10-15-40(2)16-11-35/h6-8,13,24-25H,3-5,9-12,14-23,26H2,1-2H3,(H,38,43). The molecule has 2 aliphatic rings. The molecule has 2 amide bonds. The molecule has 1 fully saturated rings. The van der Waals surface area contributed by atoms with Gasteiger partial charge in [0.05, 0.1) is 81.1 Å². The first-order chi connectivity index (χ1) is 23.4. The lowest BCUT2D eigenvalue weighted by atomic mass is 9.74. The molecule has 0 bridgehead atoms. The van der Waals surface area contributed by atoms with Crippen LogP contribution in [0.25, 0.3) is 11.0 Å². The van der Waals surface area contributed by atoms with Crippen LogP contribution in [0.4, 0.5) is 5.69 Å². The number of imidazole rings is 1. The molecular weight excluding hydrogens is 636 g/mol. The van der Waals surface area contributed by atoms with Gasteiger partial charge in [-0.25, -0.2) is 4.98 Å². The van der Waals surface area contributed by atoms with E-state index in [0.29, 0.717) is 83.9 Å². The molecule has 0 radical (unpaired) electrons. The molecule has 4 heterocycles. The second kappa shape index (κ2) is 18.0. The summed E-state index contributed by atoms with van der Waals surface area (Å²) in [6, 6.07) is 7.73. The van der Waals surface area contributed by atoms with Gasteiger partial charge in [0.25, 0.3) is 0 Å². The lowest BCUT2D eigenvalue weighted by Crippen LogP contribution is -2.47. The minimum Gasteiger partial charge on any atom is -0.379 e. The molecule has 13 heteroatoms. The molecule has 262 valence electrons. The average Bonchev–Trinajstić information content (AvgIpc) is 3.53. The summed E-state index contributed by atoms with van der Waals surface area (Å²) < 4.78 is 23.8. The molecule has 0 aliphatic carbocycles. The lowest BCUT2D eigenvalue weighted by molar-refractivity contribution is -0.125. The van der Waals surface area contributed by atoms with Gasteiger partial charge in [0.1, 0.15) is 5.82 Å². The largest absolute Gasteiger partial charge is 0.379 e. The third kappa shape index (κ3) is 9.10. The summed E-state index contributed by atoms with van der Waals surface area (Å²) in [7, 11) is 2.11. The zero-order valence-electron chi connectivity index (χ0n) is 28.3. The fourth-order valence-corrected chi connectivity index (χ4v) is 6.64. The Morgan fingerprint density at radius 2 is 1.69 bits per heavy atom. The van der Waals surface area contributed by atoms with Crippen molar-refractivity contribution in [3.8, 4) is 0 Å². The third-order valence-corrected chi connectivity index (χ3v) is 9.35. The number of fused-ring (bicyclic) bond motifs is 3. The first-order valence-electron chi connectivity index (χ1n) is 17.1. The maximum atomic E-state index is 14.2. The molecule has 0 unspecified atom stereocenters. The number of anilines is 1. The molecule has 1 N–H and O–H groups in total. The van der Waals surface area contributed by atoms with E-state index < -0.39 is 5.41 Å². The average molecular weight is 685 g/mol. The fourth-order valence-electron chi connectivity index (χ4n) is 6.47. The highest BCUT2D eigenvalue weighted by molar-refractivity contribution is 6.31. The highest BCUT2D eigenvalue weighted by Crippen LogP contribution is 2.48. The van der Waals surface area contributed by atoms with Crippen molar-refractivity contribution < 1.29 is 28.5 Å². The molecule has 2 aromatic heterocycles. The number of nitrogens with one attached hydrogen (secondary N) is 1. The maximum Gasteiger partial charge on any atom is 0.238 e. The van der Waals surface area contributed by atoms with Crippen LogP contribution in [0.15, 0.2) is 36.7 Å². The molecule has 3 aromatic rings. The maximum absolute atomic E-state index is 14.2. The van der Waals surface area contributed by atoms with Gasteiger partial charge in [-0.15, -0.1) is 0 Å². The lowest BCUT2D eigenvalue weighted by Gasteiger charge is -2.36. The van der Waals surface area contributed by atoms with E-state index in [4.69, 9.17) is 35.5 Å². The van der Waals surface area contributed by atoms with E-state index in [1.165, 1.54) is 0 Å². The van der Waals surface area contributed by atoms with Crippen molar-refractivity contribution in [3.63, 3.8) is 0 Å². The zero-order valence-corrected chi connectivity index (χ0v) is 29.0. The van der Waals surface area contributed by atoms with Gasteiger partial charge in [0, 0.05) is 37.3 Å². The van der Waals surface area contributed by atoms with Crippen molar-refractivity contribution in [2.75, 3.05) is 84.4 Å². The number of aryl methyl sites for hydroxylation is 1. The van der Waals surface area contributed by atoms with Crippen LogP contribution in [0, 0.1) is 0 Å². The molecular formula is C35H49ClN6O6. The molecule has 1 aromatic carbocycles. The van der Waals surface area contributed by atoms with Gasteiger partial charge in [-0.3, -0.25) is 14.6 Å². The number of aromatic nitrogens is 3. The van der Waals surface area contributed by atoms with E-state index in [1.54, 1.807) is 6.20 Å². The van der Waals surface area contributed by atoms with E-state index in [0.717, 1.165) is 66.9 Å². The topological polar surface area (TPSA) is 120 Å². The van der Waals surface area contributed by atoms with Crippen molar-refractivity contribution in [1.82, 2.24) is 24.8 Å². The van der Waals surface area contributed by atoms with Gasteiger partial charge >= 0.3 is 0 Å². The SMILES string of the molecule is CCOCCOCCOCCOCCC(=O)NCCCCn1c(CN2C(=O)C3(CCN(C)CC3)c3ccncc32)nc2cc(Cl)ccc21. The first-order valence-corrected chi connectivity index (χ1v) is 17.5. The van der Waals surface area contributed by atoms with Gasteiger partial charge in [0.2, 0.25) is 11.8 Å². The van der Waals surface area contributed by atoms with Gasteiger partial charge in [0.15, 0.2) is 0 Å². The minimum absolute atomic E-state index is 0.0373. The number of rotatable bonds is 20. The quantitative estimate of drug-likeness (QED) is 0.176. The number of carbonyl (C=O) groups is 2. The van der Waals surface area contributed by atoms with Gasteiger partial charge in [-0.2, -0.15) is 0 Å². The number of pyridine rings is 1. The number of likely N-dealkylation sites (tertiary alicyclic amines) is 1. The van der Waals surface area contributed by atoms with Crippen molar-refractivity contribution in [2.24, 2.45) is 0 Å². The Bertz CT molecular complexity index is 1490. The number of nitrogens with zero attached hydrogens (tertiary/aromatic N) is 5. The summed E-state index contributed by atoms with van der Waals surface area (Å²) >= 11 is 6.33. The Hall–Kier alpha value is -3.13. The van der Waals surface area contributed by atoms with Crippen molar-refractivity contribution >= 4 is 40.1 Å². The molecule has 48 heavy (non-hydrogen) atoms. The Balaban J connectivity index is 1.08. The highest BCUT2D eigenvalue weighted by atomic mass is 35.5. The third-order valence-electron chi connectivity index (χ3n) is 9.11. The zero-order chi connectivity index (χ0) is 33.8. The van der Waals surface area contributed by atoms with E-state index >= 15 is 0 Å². The summed E-state index contributed by atoms with van der Waals surface area (Å²) in [5.74, 6) is 0.900. The smallest absolute Gasteiger partial charge is 0.238 e. The predicted molar refractivity (Wildman–Crippen MR) is 184 cm³/mol. The molecule has 0 saturated carbocycles. The molecule has 2 aliphatic heterocycles. The predicted octanol–water partition coefficient (Wildman–Crippen LogP) is 3.97. The van der Waals surface area contributed by atoms with Gasteiger partial charge < -0.3 is 38.6 Å². The number of hydrogen-bond donors (Lipinski definition) is 1. The van der Waals surface area contributed by atoms with Crippen molar-refractivity contribution in [2.45, 2.75) is 57.5 Å². The van der Waals surface area contributed by atoms with Crippen LogP contribution in [0.1, 0.15) is 50.4 Å². The monoisotopic (exact) mass is 684 g/mol. The normalized spacial score (nSPS) is 15.9. The summed E-state index contributed by atoms with van der Waals surface area (Å²) in [6.07, 6.45) is 7.11. The van der Waals surface area contributed by atoms with Crippen molar-refractivity contribution in [3.05, 3.63) is 53.1 Å². The number of unbranched alkanes of at least 4 members (excludes halogenated alkanes) is 1. The van der Waals surface area contributed by atoms with Crippen molar-refractivity contribution in [1.29, 1.82) is 0 Å². The van der Waals surface area contributed by atoms with E-state index in [-0.39, 0.29) is 11.8 Å². The number of ether oxygens (including phenoxy) is 4. The fraction of sp³-hybridized carbons (Fsp3) is 0.600. The van der Waals surface area contributed by atoms with Crippen LogP contribution in [0.2, 0.25) is 5.02 Å². The van der Waals surface area contributed by atoms with Crippen LogP contribution in [0.5, 0.6) is 0 Å².